The van der Waals surface area contributed by atoms with Crippen molar-refractivity contribution < 1.29 is 0 Å². The zero-order valence-electron chi connectivity index (χ0n) is 12.1. The van der Waals surface area contributed by atoms with Crippen molar-refractivity contribution >= 4 is 39.1 Å². The number of rotatable bonds is 2. The Bertz CT molecular complexity index is 757. The van der Waals surface area contributed by atoms with Gasteiger partial charge >= 0.3 is 0 Å². The van der Waals surface area contributed by atoms with Crippen molar-refractivity contribution in [2.75, 3.05) is 5.73 Å². The fourth-order valence-electron chi connectivity index (χ4n) is 1.81. The molecule has 3 aromatic rings. The lowest BCUT2D eigenvalue weighted by Gasteiger charge is -2.17. The van der Waals surface area contributed by atoms with Gasteiger partial charge in [0.25, 0.3) is 0 Å². The minimum absolute atomic E-state index is 0.127. The Kier molecular flexibility index (Phi) is 3.59. The van der Waals surface area contributed by atoms with E-state index in [4.69, 9.17) is 5.73 Å². The minimum atomic E-state index is -0.127. The first-order valence-electron chi connectivity index (χ1n) is 6.60. The highest BCUT2D eigenvalue weighted by Crippen LogP contribution is 2.34. The molecule has 108 valence electrons. The summed E-state index contributed by atoms with van der Waals surface area (Å²) >= 11 is 3.20. The Morgan fingerprint density at radius 2 is 1.86 bits per heavy atom. The van der Waals surface area contributed by atoms with Gasteiger partial charge in [-0.15, -0.1) is 11.3 Å². The number of benzene rings is 1. The first-order chi connectivity index (χ1) is 9.91. The summed E-state index contributed by atoms with van der Waals surface area (Å²) in [6.45, 7) is 6.23. The number of thiazole rings is 1. The van der Waals surface area contributed by atoms with Crippen LogP contribution in [0.2, 0.25) is 0 Å². The summed E-state index contributed by atoms with van der Waals surface area (Å²) in [5.41, 5.74) is 6.79. The van der Waals surface area contributed by atoms with Gasteiger partial charge in [0.15, 0.2) is 4.34 Å². The molecule has 2 N–H and O–H groups in total. The van der Waals surface area contributed by atoms with Gasteiger partial charge in [-0.25, -0.2) is 15.0 Å². The summed E-state index contributed by atoms with van der Waals surface area (Å²) in [6.07, 6.45) is 0. The van der Waals surface area contributed by atoms with Gasteiger partial charge in [-0.2, -0.15) is 0 Å². The van der Waals surface area contributed by atoms with Gasteiger partial charge in [-0.05, 0) is 23.9 Å². The number of aromatic nitrogens is 3. The van der Waals surface area contributed by atoms with Crippen LogP contribution in [-0.4, -0.2) is 15.0 Å². The molecule has 0 aliphatic rings. The highest BCUT2D eigenvalue weighted by Gasteiger charge is 2.19. The van der Waals surface area contributed by atoms with Crippen LogP contribution in [0.15, 0.2) is 39.7 Å². The van der Waals surface area contributed by atoms with Crippen molar-refractivity contribution in [1.29, 1.82) is 0 Å². The number of anilines is 1. The zero-order valence-corrected chi connectivity index (χ0v) is 13.8. The topological polar surface area (TPSA) is 64.7 Å². The van der Waals surface area contributed by atoms with Crippen molar-refractivity contribution in [2.24, 2.45) is 0 Å². The quantitative estimate of drug-likeness (QED) is 0.721. The van der Waals surface area contributed by atoms with Crippen molar-refractivity contribution in [1.82, 2.24) is 15.0 Å². The van der Waals surface area contributed by atoms with Crippen LogP contribution in [0.25, 0.3) is 10.2 Å². The fourth-order valence-corrected chi connectivity index (χ4v) is 3.84. The lowest BCUT2D eigenvalue weighted by Crippen LogP contribution is -2.17. The zero-order chi connectivity index (χ0) is 15.0. The number of hydrogen-bond donors (Lipinski definition) is 1. The smallest absolute Gasteiger partial charge is 0.157 e. The Morgan fingerprint density at radius 1 is 1.10 bits per heavy atom. The molecule has 0 amide bonds. The monoisotopic (exact) mass is 316 g/mol. The second kappa shape index (κ2) is 5.27. The van der Waals surface area contributed by atoms with E-state index in [1.807, 2.05) is 18.2 Å². The second-order valence-electron chi connectivity index (χ2n) is 5.75. The van der Waals surface area contributed by atoms with Crippen LogP contribution < -0.4 is 5.73 Å². The number of hydrogen-bond acceptors (Lipinski definition) is 6. The summed E-state index contributed by atoms with van der Waals surface area (Å²) < 4.78 is 2.15. The van der Waals surface area contributed by atoms with Crippen LogP contribution in [0.1, 0.15) is 26.6 Å². The van der Waals surface area contributed by atoms with E-state index in [1.54, 1.807) is 17.4 Å². The summed E-state index contributed by atoms with van der Waals surface area (Å²) in [4.78, 5) is 13.5. The maximum Gasteiger partial charge on any atom is 0.157 e. The van der Waals surface area contributed by atoms with E-state index in [9.17, 15) is 0 Å². The Morgan fingerprint density at radius 3 is 2.57 bits per heavy atom. The maximum absolute atomic E-state index is 5.90. The van der Waals surface area contributed by atoms with E-state index in [0.29, 0.717) is 5.82 Å². The van der Waals surface area contributed by atoms with Gasteiger partial charge in [0.05, 0.1) is 10.2 Å². The highest BCUT2D eigenvalue weighted by atomic mass is 32.2. The summed E-state index contributed by atoms with van der Waals surface area (Å²) in [6, 6.07) is 9.91. The number of nitrogen functional groups attached to an aromatic ring is 1. The molecule has 0 spiro atoms. The van der Waals surface area contributed by atoms with E-state index in [1.165, 1.54) is 16.5 Å². The van der Waals surface area contributed by atoms with Crippen molar-refractivity contribution in [2.45, 2.75) is 35.6 Å². The van der Waals surface area contributed by atoms with E-state index < -0.39 is 0 Å². The van der Waals surface area contributed by atoms with Gasteiger partial charge in [0.1, 0.15) is 16.7 Å². The molecule has 4 nitrogen and oxygen atoms in total. The van der Waals surface area contributed by atoms with E-state index in [0.717, 1.165) is 20.7 Å². The first-order valence-corrected chi connectivity index (χ1v) is 8.23. The summed E-state index contributed by atoms with van der Waals surface area (Å²) in [5.74, 6) is 1.25. The average molecular weight is 316 g/mol. The standard InChI is InChI=1S/C15H16N4S2/c1-15(2,3)13-18-11(16)8-12(19-13)21-14-17-9-6-4-5-7-10(9)20-14/h4-8H,1-3H3,(H2,16,18,19). The first kappa shape index (κ1) is 14.3. The maximum atomic E-state index is 5.90. The summed E-state index contributed by atoms with van der Waals surface area (Å²) in [7, 11) is 0. The predicted octanol–water partition coefficient (Wildman–Crippen LogP) is 4.12. The van der Waals surface area contributed by atoms with E-state index in [2.05, 4.69) is 41.8 Å². The molecular weight excluding hydrogens is 300 g/mol. The SMILES string of the molecule is CC(C)(C)c1nc(N)cc(Sc2nc3ccccc3s2)n1. The molecule has 0 unspecified atom stereocenters. The Labute approximate surface area is 131 Å². The predicted molar refractivity (Wildman–Crippen MR) is 88.9 cm³/mol. The van der Waals surface area contributed by atoms with Crippen LogP contribution in [0.4, 0.5) is 5.82 Å². The van der Waals surface area contributed by atoms with Gasteiger partial charge in [-0.3, -0.25) is 0 Å². The molecular formula is C15H16N4S2. The molecule has 21 heavy (non-hydrogen) atoms. The minimum Gasteiger partial charge on any atom is -0.384 e. The lowest BCUT2D eigenvalue weighted by molar-refractivity contribution is 0.540. The van der Waals surface area contributed by atoms with Crippen molar-refractivity contribution in [3.63, 3.8) is 0 Å². The normalized spacial score (nSPS) is 12.0. The number of fused-ring (bicyclic) bond motifs is 1. The van der Waals surface area contributed by atoms with Gasteiger partial charge < -0.3 is 5.73 Å². The third-order valence-electron chi connectivity index (χ3n) is 2.86. The average Bonchev–Trinajstić information content (AvgIpc) is 2.79. The number of para-hydroxylation sites is 1. The molecule has 0 bridgehead atoms. The van der Waals surface area contributed by atoms with Crippen LogP contribution in [0.3, 0.4) is 0 Å². The van der Waals surface area contributed by atoms with E-state index in [-0.39, 0.29) is 5.41 Å². The van der Waals surface area contributed by atoms with E-state index >= 15 is 0 Å². The Balaban J connectivity index is 1.95. The molecule has 0 aliphatic heterocycles. The van der Waals surface area contributed by atoms with Crippen molar-refractivity contribution in [3.8, 4) is 0 Å². The van der Waals surface area contributed by atoms with Crippen LogP contribution in [0.5, 0.6) is 0 Å². The molecule has 0 saturated carbocycles. The fraction of sp³-hybridized carbons (Fsp3) is 0.267. The van der Waals surface area contributed by atoms with Crippen LogP contribution in [-0.2, 0) is 5.41 Å². The van der Waals surface area contributed by atoms with Crippen LogP contribution in [0, 0.1) is 0 Å². The molecule has 0 atom stereocenters. The highest BCUT2D eigenvalue weighted by molar-refractivity contribution is 8.01. The lowest BCUT2D eigenvalue weighted by atomic mass is 9.96. The second-order valence-corrected chi connectivity index (χ2v) is 8.05. The van der Waals surface area contributed by atoms with Gasteiger partial charge in [0.2, 0.25) is 0 Å². The Hall–Kier alpha value is -1.66. The third-order valence-corrected chi connectivity index (χ3v) is 4.87. The molecule has 0 aliphatic carbocycles. The molecule has 0 radical (unpaired) electrons. The summed E-state index contributed by atoms with van der Waals surface area (Å²) in [5, 5.41) is 0.839. The van der Waals surface area contributed by atoms with Gasteiger partial charge in [-0.1, -0.05) is 32.9 Å². The third kappa shape index (κ3) is 3.16. The number of nitrogens with two attached hydrogens (primary N) is 1. The van der Waals surface area contributed by atoms with Crippen molar-refractivity contribution in [3.05, 3.63) is 36.2 Å². The molecule has 6 heteroatoms. The van der Waals surface area contributed by atoms with Crippen LogP contribution >= 0.6 is 23.1 Å². The molecule has 0 fully saturated rings. The number of nitrogens with zero attached hydrogens (tertiary/aromatic N) is 3. The molecule has 2 heterocycles. The molecule has 3 rings (SSSR count). The van der Waals surface area contributed by atoms with Gasteiger partial charge in [0, 0.05) is 11.5 Å². The largest absolute Gasteiger partial charge is 0.384 e. The molecule has 0 saturated heterocycles. The molecule has 1 aromatic carbocycles. The molecule has 2 aromatic heterocycles.